The molecule has 1 heterocycles. The molecule has 1 atom stereocenters. The summed E-state index contributed by atoms with van der Waals surface area (Å²) >= 11 is 5.83. The Labute approximate surface area is 102 Å². The van der Waals surface area contributed by atoms with Crippen LogP contribution >= 0.6 is 11.6 Å². The lowest BCUT2D eigenvalue weighted by atomic mass is 10.2. The molecule has 0 aliphatic carbocycles. The van der Waals surface area contributed by atoms with Gasteiger partial charge >= 0.3 is 0 Å². The lowest BCUT2D eigenvalue weighted by Crippen LogP contribution is -2.04. The highest BCUT2D eigenvalue weighted by atomic mass is 35.5. The van der Waals surface area contributed by atoms with Crippen molar-refractivity contribution in [1.82, 2.24) is 15.0 Å². The first-order valence-electron chi connectivity index (χ1n) is 5.05. The van der Waals surface area contributed by atoms with Crippen LogP contribution in [0, 0.1) is 11.6 Å². The van der Waals surface area contributed by atoms with Crippen LogP contribution < -0.4 is 0 Å². The lowest BCUT2D eigenvalue weighted by molar-refractivity contribution is 0.490. The monoisotopic (exact) mass is 257 g/mol. The second-order valence-corrected chi connectivity index (χ2v) is 4.32. The van der Waals surface area contributed by atoms with E-state index in [-0.39, 0.29) is 17.5 Å². The van der Waals surface area contributed by atoms with Crippen molar-refractivity contribution in [1.29, 1.82) is 0 Å². The molecule has 1 aromatic heterocycles. The van der Waals surface area contributed by atoms with Crippen molar-refractivity contribution in [3.63, 3.8) is 0 Å². The van der Waals surface area contributed by atoms with E-state index in [4.69, 9.17) is 11.6 Å². The molecule has 0 bridgehead atoms. The number of hydrogen-bond donors (Lipinski definition) is 0. The van der Waals surface area contributed by atoms with E-state index in [0.717, 1.165) is 6.07 Å². The average Bonchev–Trinajstić information content (AvgIpc) is 2.73. The van der Waals surface area contributed by atoms with E-state index in [0.29, 0.717) is 5.69 Å². The van der Waals surface area contributed by atoms with E-state index in [2.05, 4.69) is 10.3 Å². The van der Waals surface area contributed by atoms with E-state index in [1.165, 1.54) is 16.8 Å². The second-order valence-electron chi connectivity index (χ2n) is 3.67. The molecule has 0 aliphatic rings. The molecule has 0 saturated heterocycles. The zero-order valence-corrected chi connectivity index (χ0v) is 9.83. The van der Waals surface area contributed by atoms with Crippen molar-refractivity contribution in [2.45, 2.75) is 18.8 Å². The summed E-state index contributed by atoms with van der Waals surface area (Å²) in [4.78, 5) is 0. The van der Waals surface area contributed by atoms with Crippen LogP contribution in [0.3, 0.4) is 0 Å². The predicted octanol–water partition coefficient (Wildman–Crippen LogP) is 2.90. The topological polar surface area (TPSA) is 30.7 Å². The van der Waals surface area contributed by atoms with Gasteiger partial charge in [-0.05, 0) is 13.0 Å². The smallest absolute Gasteiger partial charge is 0.163 e. The minimum Gasteiger partial charge on any atom is -0.248 e. The Hall–Kier alpha value is -1.49. The molecular formula is C11H10ClF2N3. The number of benzene rings is 1. The van der Waals surface area contributed by atoms with Gasteiger partial charge in [0.05, 0.1) is 18.1 Å². The van der Waals surface area contributed by atoms with Gasteiger partial charge in [-0.15, -0.1) is 16.7 Å². The fourth-order valence-corrected chi connectivity index (χ4v) is 1.52. The summed E-state index contributed by atoms with van der Waals surface area (Å²) in [6, 6.07) is 4.03. The minimum absolute atomic E-state index is 0.125. The Morgan fingerprint density at radius 3 is 2.82 bits per heavy atom. The van der Waals surface area contributed by atoms with Gasteiger partial charge in [-0.3, -0.25) is 0 Å². The van der Waals surface area contributed by atoms with Crippen LogP contribution in [0.15, 0.2) is 24.4 Å². The molecule has 1 unspecified atom stereocenters. The van der Waals surface area contributed by atoms with Crippen LogP contribution in [0.5, 0.6) is 0 Å². The maximum absolute atomic E-state index is 13.4. The highest BCUT2D eigenvalue weighted by Crippen LogP contribution is 2.17. The Balaban J connectivity index is 2.22. The maximum atomic E-state index is 13.4. The molecule has 0 fully saturated rings. The molecule has 0 aliphatic heterocycles. The summed E-state index contributed by atoms with van der Waals surface area (Å²) in [6.07, 6.45) is 1.61. The molecule has 17 heavy (non-hydrogen) atoms. The molecular weight excluding hydrogens is 248 g/mol. The molecule has 0 N–H and O–H groups in total. The summed E-state index contributed by atoms with van der Waals surface area (Å²) in [5.41, 5.74) is 0.826. The van der Waals surface area contributed by atoms with Crippen LogP contribution in [-0.2, 0) is 6.54 Å². The van der Waals surface area contributed by atoms with Gasteiger partial charge in [0.25, 0.3) is 0 Å². The molecule has 0 radical (unpaired) electrons. The summed E-state index contributed by atoms with van der Waals surface area (Å²) in [5.74, 6) is -1.72. The zero-order chi connectivity index (χ0) is 12.4. The largest absolute Gasteiger partial charge is 0.248 e. The zero-order valence-electron chi connectivity index (χ0n) is 9.07. The van der Waals surface area contributed by atoms with Crippen LogP contribution in [0.1, 0.15) is 23.6 Å². The van der Waals surface area contributed by atoms with Gasteiger partial charge in [-0.25, -0.2) is 13.5 Å². The van der Waals surface area contributed by atoms with Gasteiger partial charge in [0.15, 0.2) is 11.6 Å². The van der Waals surface area contributed by atoms with E-state index in [1.54, 1.807) is 13.1 Å². The number of halogens is 3. The molecule has 2 rings (SSSR count). The Kier molecular flexibility index (Phi) is 3.38. The first-order chi connectivity index (χ1) is 8.08. The van der Waals surface area contributed by atoms with E-state index < -0.39 is 11.6 Å². The van der Waals surface area contributed by atoms with Gasteiger partial charge in [0.1, 0.15) is 5.69 Å². The van der Waals surface area contributed by atoms with Crippen molar-refractivity contribution >= 4 is 11.6 Å². The molecule has 2 aromatic rings. The van der Waals surface area contributed by atoms with Gasteiger partial charge in [0.2, 0.25) is 0 Å². The SMILES string of the molecule is CC(Cl)c1cn(Cc2cccc(F)c2F)nn1. The van der Waals surface area contributed by atoms with Crippen LogP contribution in [0.2, 0.25) is 0 Å². The summed E-state index contributed by atoms with van der Waals surface area (Å²) in [5, 5.41) is 7.36. The third kappa shape index (κ3) is 2.61. The van der Waals surface area contributed by atoms with Crippen molar-refractivity contribution in [3.8, 4) is 0 Å². The Morgan fingerprint density at radius 1 is 1.41 bits per heavy atom. The van der Waals surface area contributed by atoms with Gasteiger partial charge in [0, 0.05) is 5.56 Å². The fourth-order valence-electron chi connectivity index (χ4n) is 1.42. The second kappa shape index (κ2) is 4.79. The number of alkyl halides is 1. The summed E-state index contributed by atoms with van der Waals surface area (Å²) in [7, 11) is 0. The normalized spacial score (nSPS) is 12.7. The van der Waals surface area contributed by atoms with E-state index in [1.807, 2.05) is 0 Å². The van der Waals surface area contributed by atoms with Crippen LogP contribution in [0.25, 0.3) is 0 Å². The Morgan fingerprint density at radius 2 is 2.18 bits per heavy atom. The predicted molar refractivity (Wildman–Crippen MR) is 59.8 cm³/mol. The van der Waals surface area contributed by atoms with Crippen molar-refractivity contribution in [2.24, 2.45) is 0 Å². The average molecular weight is 258 g/mol. The molecule has 1 aromatic carbocycles. The number of rotatable bonds is 3. The van der Waals surface area contributed by atoms with E-state index in [9.17, 15) is 8.78 Å². The van der Waals surface area contributed by atoms with Gasteiger partial charge < -0.3 is 0 Å². The van der Waals surface area contributed by atoms with Crippen molar-refractivity contribution in [3.05, 3.63) is 47.3 Å². The number of nitrogens with zero attached hydrogens (tertiary/aromatic N) is 3. The molecule has 90 valence electrons. The first kappa shape index (κ1) is 12.0. The van der Waals surface area contributed by atoms with Crippen LogP contribution in [-0.4, -0.2) is 15.0 Å². The Bertz CT molecular complexity index is 525. The van der Waals surface area contributed by atoms with Crippen molar-refractivity contribution < 1.29 is 8.78 Å². The van der Waals surface area contributed by atoms with Gasteiger partial charge in [-0.1, -0.05) is 17.3 Å². The molecule has 3 nitrogen and oxygen atoms in total. The molecule has 0 spiro atoms. The number of aromatic nitrogens is 3. The van der Waals surface area contributed by atoms with Crippen molar-refractivity contribution in [2.75, 3.05) is 0 Å². The highest BCUT2D eigenvalue weighted by molar-refractivity contribution is 6.20. The first-order valence-corrected chi connectivity index (χ1v) is 5.48. The highest BCUT2D eigenvalue weighted by Gasteiger charge is 2.10. The fraction of sp³-hybridized carbons (Fsp3) is 0.273. The number of hydrogen-bond acceptors (Lipinski definition) is 2. The minimum atomic E-state index is -0.867. The third-order valence-corrected chi connectivity index (χ3v) is 2.55. The quantitative estimate of drug-likeness (QED) is 0.792. The molecule has 6 heteroatoms. The summed E-state index contributed by atoms with van der Waals surface area (Å²) < 4.78 is 27.8. The lowest BCUT2D eigenvalue weighted by Gasteiger charge is -2.03. The third-order valence-electron chi connectivity index (χ3n) is 2.33. The molecule has 0 amide bonds. The molecule has 0 saturated carbocycles. The van der Waals surface area contributed by atoms with Crippen LogP contribution in [0.4, 0.5) is 8.78 Å². The van der Waals surface area contributed by atoms with Gasteiger partial charge in [-0.2, -0.15) is 0 Å². The van der Waals surface area contributed by atoms with E-state index >= 15 is 0 Å². The summed E-state index contributed by atoms with van der Waals surface area (Å²) in [6.45, 7) is 1.89. The standard InChI is InChI=1S/C11H10ClF2N3/c1-7(12)10-6-17(16-15-10)5-8-3-2-4-9(13)11(8)14/h2-4,6-7H,5H2,1H3. The maximum Gasteiger partial charge on any atom is 0.163 e.